The van der Waals surface area contributed by atoms with Crippen molar-refractivity contribution < 1.29 is 0 Å². The van der Waals surface area contributed by atoms with Gasteiger partial charge in [0.05, 0.1) is 0 Å². The molecule has 1 rings (SSSR count). The summed E-state index contributed by atoms with van der Waals surface area (Å²) >= 11 is 3.66. The zero-order valence-electron chi connectivity index (χ0n) is 11.1. The molecule has 0 aromatic rings. The van der Waals surface area contributed by atoms with Crippen LogP contribution >= 0.6 is 15.9 Å². The summed E-state index contributed by atoms with van der Waals surface area (Å²) in [6, 6.07) is 0.862. The fraction of sp³-hybridized carbons (Fsp3) is 1.00. The highest BCUT2D eigenvalue weighted by molar-refractivity contribution is 9.09. The first-order valence-corrected chi connectivity index (χ1v) is 8.16. The number of halogens is 1. The van der Waals surface area contributed by atoms with Crippen molar-refractivity contribution in [2.24, 2.45) is 5.92 Å². The average Bonchev–Trinajstić information content (AvgIpc) is 2.56. The monoisotopic (exact) mass is 289 g/mol. The summed E-state index contributed by atoms with van der Waals surface area (Å²) in [5, 5.41) is 1.16. The van der Waals surface area contributed by atoms with Crippen LogP contribution in [-0.4, -0.2) is 29.9 Å². The topological polar surface area (TPSA) is 3.24 Å². The SMILES string of the molecule is CCCC(CBr)CN(C)C1CCCCCC1. The predicted octanol–water partition coefficient (Wildman–Crippen LogP) is 4.45. The molecule has 1 saturated carbocycles. The minimum Gasteiger partial charge on any atom is -0.303 e. The van der Waals surface area contributed by atoms with Crippen LogP contribution in [0, 0.1) is 5.92 Å². The molecule has 0 N–H and O–H groups in total. The third kappa shape index (κ3) is 5.18. The van der Waals surface area contributed by atoms with Crippen LogP contribution in [0.5, 0.6) is 0 Å². The van der Waals surface area contributed by atoms with Crippen molar-refractivity contribution in [3.05, 3.63) is 0 Å². The summed E-state index contributed by atoms with van der Waals surface area (Å²) < 4.78 is 0. The number of hydrogen-bond acceptors (Lipinski definition) is 1. The van der Waals surface area contributed by atoms with Gasteiger partial charge in [-0.25, -0.2) is 0 Å². The van der Waals surface area contributed by atoms with Gasteiger partial charge in [-0.1, -0.05) is 55.0 Å². The van der Waals surface area contributed by atoms with Gasteiger partial charge < -0.3 is 4.90 Å². The Bertz CT molecular complexity index is 164. The summed E-state index contributed by atoms with van der Waals surface area (Å²) in [5.74, 6) is 0.846. The Morgan fingerprint density at radius 2 is 1.81 bits per heavy atom. The van der Waals surface area contributed by atoms with E-state index in [1.54, 1.807) is 0 Å². The number of hydrogen-bond donors (Lipinski definition) is 0. The van der Waals surface area contributed by atoms with Crippen LogP contribution in [-0.2, 0) is 0 Å². The van der Waals surface area contributed by atoms with Gasteiger partial charge in [0.25, 0.3) is 0 Å². The highest BCUT2D eigenvalue weighted by Gasteiger charge is 2.19. The molecule has 0 amide bonds. The van der Waals surface area contributed by atoms with Crippen molar-refractivity contribution in [3.63, 3.8) is 0 Å². The molecule has 16 heavy (non-hydrogen) atoms. The van der Waals surface area contributed by atoms with Crippen LogP contribution in [0.3, 0.4) is 0 Å². The zero-order chi connectivity index (χ0) is 11.8. The standard InChI is InChI=1S/C14H28BrN/c1-3-8-13(11-15)12-16(2)14-9-6-4-5-7-10-14/h13-14H,3-12H2,1-2H3. The maximum atomic E-state index is 3.66. The molecule has 1 nitrogen and oxygen atoms in total. The second-order valence-electron chi connectivity index (χ2n) is 5.39. The van der Waals surface area contributed by atoms with Crippen LogP contribution in [0.4, 0.5) is 0 Å². The van der Waals surface area contributed by atoms with Crippen molar-refractivity contribution in [1.29, 1.82) is 0 Å². The van der Waals surface area contributed by atoms with Crippen LogP contribution in [0.1, 0.15) is 58.3 Å². The van der Waals surface area contributed by atoms with Crippen molar-refractivity contribution in [2.45, 2.75) is 64.3 Å². The second kappa shape index (κ2) is 8.52. The molecule has 0 saturated heterocycles. The Morgan fingerprint density at radius 3 is 2.31 bits per heavy atom. The molecule has 1 aliphatic rings. The fourth-order valence-corrected chi connectivity index (χ4v) is 3.41. The van der Waals surface area contributed by atoms with Gasteiger partial charge in [0, 0.05) is 17.9 Å². The normalized spacial score (nSPS) is 21.0. The summed E-state index contributed by atoms with van der Waals surface area (Å²) in [6.07, 6.45) is 11.3. The van der Waals surface area contributed by atoms with Gasteiger partial charge in [0.2, 0.25) is 0 Å². The Kier molecular flexibility index (Phi) is 7.72. The van der Waals surface area contributed by atoms with E-state index >= 15 is 0 Å². The van der Waals surface area contributed by atoms with Crippen LogP contribution in [0.15, 0.2) is 0 Å². The van der Waals surface area contributed by atoms with Gasteiger partial charge in [-0.2, -0.15) is 0 Å². The van der Waals surface area contributed by atoms with E-state index in [0.29, 0.717) is 0 Å². The average molecular weight is 290 g/mol. The van der Waals surface area contributed by atoms with Gasteiger partial charge in [-0.15, -0.1) is 0 Å². The molecular weight excluding hydrogens is 262 g/mol. The summed E-state index contributed by atoms with van der Waals surface area (Å²) in [7, 11) is 2.33. The molecule has 1 fully saturated rings. The minimum absolute atomic E-state index is 0.846. The first-order valence-electron chi connectivity index (χ1n) is 7.04. The molecule has 1 aliphatic carbocycles. The third-order valence-electron chi connectivity index (χ3n) is 3.91. The molecule has 0 bridgehead atoms. The van der Waals surface area contributed by atoms with Gasteiger partial charge in [0.15, 0.2) is 0 Å². The molecule has 0 spiro atoms. The summed E-state index contributed by atoms with van der Waals surface area (Å²) in [5.41, 5.74) is 0. The van der Waals surface area contributed by atoms with Crippen molar-refractivity contribution in [1.82, 2.24) is 4.90 Å². The van der Waals surface area contributed by atoms with E-state index in [0.717, 1.165) is 17.3 Å². The van der Waals surface area contributed by atoms with E-state index in [1.165, 1.54) is 57.9 Å². The molecule has 2 heteroatoms. The molecular formula is C14H28BrN. The van der Waals surface area contributed by atoms with Gasteiger partial charge in [0.1, 0.15) is 0 Å². The van der Waals surface area contributed by atoms with Crippen LogP contribution < -0.4 is 0 Å². The molecule has 0 aliphatic heterocycles. The lowest BCUT2D eigenvalue weighted by Gasteiger charge is -2.30. The lowest BCUT2D eigenvalue weighted by Crippen LogP contribution is -2.35. The maximum absolute atomic E-state index is 3.66. The Morgan fingerprint density at radius 1 is 1.19 bits per heavy atom. The first-order chi connectivity index (χ1) is 7.77. The van der Waals surface area contributed by atoms with Gasteiger partial charge in [-0.3, -0.25) is 0 Å². The van der Waals surface area contributed by atoms with E-state index in [1.807, 2.05) is 0 Å². The van der Waals surface area contributed by atoms with E-state index in [2.05, 4.69) is 34.8 Å². The Labute approximate surface area is 110 Å². The molecule has 0 aromatic carbocycles. The zero-order valence-corrected chi connectivity index (χ0v) is 12.6. The van der Waals surface area contributed by atoms with Crippen molar-refractivity contribution in [3.8, 4) is 0 Å². The molecule has 0 aromatic heterocycles. The molecule has 1 unspecified atom stereocenters. The third-order valence-corrected chi connectivity index (χ3v) is 4.83. The second-order valence-corrected chi connectivity index (χ2v) is 6.04. The van der Waals surface area contributed by atoms with Gasteiger partial charge >= 0.3 is 0 Å². The number of alkyl halides is 1. The van der Waals surface area contributed by atoms with Gasteiger partial charge in [-0.05, 0) is 32.2 Å². The van der Waals surface area contributed by atoms with Crippen LogP contribution in [0.25, 0.3) is 0 Å². The van der Waals surface area contributed by atoms with E-state index in [4.69, 9.17) is 0 Å². The summed E-state index contributed by atoms with van der Waals surface area (Å²) in [6.45, 7) is 3.57. The molecule has 0 radical (unpaired) electrons. The number of rotatable bonds is 6. The highest BCUT2D eigenvalue weighted by Crippen LogP contribution is 2.22. The van der Waals surface area contributed by atoms with E-state index in [-0.39, 0.29) is 0 Å². The molecule has 96 valence electrons. The molecule has 1 atom stereocenters. The summed E-state index contributed by atoms with van der Waals surface area (Å²) in [4.78, 5) is 2.63. The Balaban J connectivity index is 2.33. The Hall–Kier alpha value is 0.440. The smallest absolute Gasteiger partial charge is 0.00923 e. The first kappa shape index (κ1) is 14.5. The largest absolute Gasteiger partial charge is 0.303 e. The highest BCUT2D eigenvalue weighted by atomic mass is 79.9. The van der Waals surface area contributed by atoms with Crippen molar-refractivity contribution in [2.75, 3.05) is 18.9 Å². The lowest BCUT2D eigenvalue weighted by molar-refractivity contribution is 0.192. The molecule has 0 heterocycles. The van der Waals surface area contributed by atoms with Crippen molar-refractivity contribution >= 4 is 15.9 Å². The van der Waals surface area contributed by atoms with E-state index < -0.39 is 0 Å². The maximum Gasteiger partial charge on any atom is 0.00923 e. The quantitative estimate of drug-likeness (QED) is 0.516. The lowest BCUT2D eigenvalue weighted by atomic mass is 10.0. The minimum atomic E-state index is 0.846. The fourth-order valence-electron chi connectivity index (χ4n) is 2.88. The van der Waals surface area contributed by atoms with Crippen LogP contribution in [0.2, 0.25) is 0 Å². The predicted molar refractivity (Wildman–Crippen MR) is 76.3 cm³/mol. The van der Waals surface area contributed by atoms with E-state index in [9.17, 15) is 0 Å². The number of nitrogens with zero attached hydrogens (tertiary/aromatic N) is 1.